The van der Waals surface area contributed by atoms with Crippen LogP contribution in [0.5, 0.6) is 5.75 Å². The summed E-state index contributed by atoms with van der Waals surface area (Å²) in [6.07, 6.45) is 1.30. The van der Waals surface area contributed by atoms with Crippen LogP contribution in [0, 0.1) is 17.1 Å². The Morgan fingerprint density at radius 1 is 1.17 bits per heavy atom. The molecule has 0 heterocycles. The van der Waals surface area contributed by atoms with Crippen LogP contribution in [-0.4, -0.2) is 19.0 Å². The number of hydrogen-bond donors (Lipinski definition) is 0. The zero-order valence-electron chi connectivity index (χ0n) is 12.7. The topological polar surface area (TPSA) is 76.4 Å². The van der Waals surface area contributed by atoms with E-state index in [0.29, 0.717) is 5.56 Å². The van der Waals surface area contributed by atoms with Crippen molar-refractivity contribution in [2.45, 2.75) is 0 Å². The standard InChI is InChI=1S/C18H12FNO4/c1-23-17(21)13(11-20)9-12-5-4-6-14(10-12)24-18(22)15-7-2-3-8-16(15)19/h2-10H,1H3. The zero-order valence-corrected chi connectivity index (χ0v) is 12.7. The first kappa shape index (κ1) is 16.9. The lowest BCUT2D eigenvalue weighted by molar-refractivity contribution is -0.135. The summed E-state index contributed by atoms with van der Waals surface area (Å²) >= 11 is 0. The van der Waals surface area contributed by atoms with Crippen molar-refractivity contribution < 1.29 is 23.5 Å². The lowest BCUT2D eigenvalue weighted by Crippen LogP contribution is -2.10. The van der Waals surface area contributed by atoms with Gasteiger partial charge in [-0.15, -0.1) is 0 Å². The van der Waals surface area contributed by atoms with Crippen molar-refractivity contribution in [1.29, 1.82) is 5.26 Å². The number of ether oxygens (including phenoxy) is 2. The lowest BCUT2D eigenvalue weighted by atomic mass is 10.1. The molecule has 2 aromatic carbocycles. The maximum atomic E-state index is 13.6. The molecule has 120 valence electrons. The van der Waals surface area contributed by atoms with Gasteiger partial charge in [0.2, 0.25) is 0 Å². The first-order valence-corrected chi connectivity index (χ1v) is 6.82. The Labute approximate surface area is 137 Å². The Bertz CT molecular complexity index is 852. The van der Waals surface area contributed by atoms with Gasteiger partial charge in [-0.1, -0.05) is 24.3 Å². The van der Waals surface area contributed by atoms with E-state index in [9.17, 15) is 14.0 Å². The number of carbonyl (C=O) groups excluding carboxylic acids is 2. The van der Waals surface area contributed by atoms with Gasteiger partial charge in [0.25, 0.3) is 0 Å². The molecule has 2 rings (SSSR count). The van der Waals surface area contributed by atoms with Gasteiger partial charge in [0.15, 0.2) is 0 Å². The summed E-state index contributed by atoms with van der Waals surface area (Å²) in [5, 5.41) is 8.94. The third-order valence-corrected chi connectivity index (χ3v) is 3.00. The van der Waals surface area contributed by atoms with Gasteiger partial charge in [-0.2, -0.15) is 5.26 Å². The SMILES string of the molecule is COC(=O)C(C#N)=Cc1cccc(OC(=O)c2ccccc2F)c1. The molecule has 0 aromatic heterocycles. The normalized spacial score (nSPS) is 10.6. The molecule has 0 radical (unpaired) electrons. The van der Waals surface area contributed by atoms with Crippen molar-refractivity contribution in [3.8, 4) is 11.8 Å². The van der Waals surface area contributed by atoms with E-state index >= 15 is 0 Å². The Morgan fingerprint density at radius 3 is 2.58 bits per heavy atom. The van der Waals surface area contributed by atoms with Crippen LogP contribution in [0.25, 0.3) is 6.08 Å². The number of nitrogens with zero attached hydrogens (tertiary/aromatic N) is 1. The molecule has 0 fully saturated rings. The van der Waals surface area contributed by atoms with Gasteiger partial charge < -0.3 is 9.47 Å². The molecule has 0 bridgehead atoms. The summed E-state index contributed by atoms with van der Waals surface area (Å²) in [7, 11) is 1.17. The van der Waals surface area contributed by atoms with Crippen molar-refractivity contribution in [3.05, 3.63) is 71.0 Å². The number of methoxy groups -OCH3 is 1. The average molecular weight is 325 g/mol. The van der Waals surface area contributed by atoms with Gasteiger partial charge >= 0.3 is 11.9 Å². The van der Waals surface area contributed by atoms with E-state index in [2.05, 4.69) is 4.74 Å². The second-order valence-electron chi connectivity index (χ2n) is 4.60. The van der Waals surface area contributed by atoms with Gasteiger partial charge in [-0.25, -0.2) is 14.0 Å². The number of rotatable bonds is 4. The van der Waals surface area contributed by atoms with Gasteiger partial charge in [0.1, 0.15) is 23.2 Å². The smallest absolute Gasteiger partial charge is 0.348 e. The zero-order chi connectivity index (χ0) is 17.5. The van der Waals surface area contributed by atoms with E-state index in [-0.39, 0.29) is 16.9 Å². The monoisotopic (exact) mass is 325 g/mol. The fraction of sp³-hybridized carbons (Fsp3) is 0.0556. The first-order chi connectivity index (χ1) is 11.5. The largest absolute Gasteiger partial charge is 0.465 e. The molecule has 0 spiro atoms. The molecule has 0 aliphatic rings. The van der Waals surface area contributed by atoms with Crippen molar-refractivity contribution in [2.75, 3.05) is 7.11 Å². The highest BCUT2D eigenvalue weighted by atomic mass is 19.1. The molecular weight excluding hydrogens is 313 g/mol. The average Bonchev–Trinajstić information content (AvgIpc) is 2.59. The number of carbonyl (C=O) groups is 2. The van der Waals surface area contributed by atoms with Gasteiger partial charge in [0, 0.05) is 0 Å². The molecule has 0 N–H and O–H groups in total. The molecule has 0 saturated heterocycles. The van der Waals surface area contributed by atoms with Crippen LogP contribution in [0.15, 0.2) is 54.1 Å². The maximum Gasteiger partial charge on any atom is 0.348 e. The molecule has 5 nitrogen and oxygen atoms in total. The van der Waals surface area contributed by atoms with E-state index in [4.69, 9.17) is 10.00 Å². The minimum Gasteiger partial charge on any atom is -0.465 e. The van der Waals surface area contributed by atoms with Crippen LogP contribution in [0.2, 0.25) is 0 Å². The summed E-state index contributed by atoms with van der Waals surface area (Å²) in [6.45, 7) is 0. The van der Waals surface area contributed by atoms with Crippen LogP contribution >= 0.6 is 0 Å². The second kappa shape index (κ2) is 7.70. The Kier molecular flexibility index (Phi) is 5.42. The van der Waals surface area contributed by atoms with Crippen molar-refractivity contribution >= 4 is 18.0 Å². The number of nitriles is 1. The fourth-order valence-corrected chi connectivity index (χ4v) is 1.87. The molecule has 0 atom stereocenters. The number of benzene rings is 2. The van der Waals surface area contributed by atoms with Gasteiger partial charge in [-0.3, -0.25) is 0 Å². The van der Waals surface area contributed by atoms with Crippen molar-refractivity contribution in [1.82, 2.24) is 0 Å². The molecule has 0 amide bonds. The molecule has 0 saturated carbocycles. The highest BCUT2D eigenvalue weighted by molar-refractivity contribution is 5.98. The van der Waals surface area contributed by atoms with Gasteiger partial charge in [-0.05, 0) is 35.9 Å². The number of halogens is 1. The summed E-state index contributed by atoms with van der Waals surface area (Å²) in [4.78, 5) is 23.4. The quantitative estimate of drug-likeness (QED) is 0.373. The molecule has 24 heavy (non-hydrogen) atoms. The minimum absolute atomic E-state index is 0.152. The van der Waals surface area contributed by atoms with Crippen molar-refractivity contribution in [2.24, 2.45) is 0 Å². The highest BCUT2D eigenvalue weighted by Crippen LogP contribution is 2.18. The van der Waals surface area contributed by atoms with E-state index in [1.165, 1.54) is 43.5 Å². The molecule has 0 aliphatic carbocycles. The third kappa shape index (κ3) is 4.05. The Morgan fingerprint density at radius 2 is 1.92 bits per heavy atom. The summed E-state index contributed by atoms with van der Waals surface area (Å²) in [5.74, 6) is -2.15. The summed E-state index contributed by atoms with van der Waals surface area (Å²) in [6, 6.07) is 13.3. The third-order valence-electron chi connectivity index (χ3n) is 3.00. The second-order valence-corrected chi connectivity index (χ2v) is 4.60. The molecule has 6 heteroatoms. The molecule has 0 aliphatic heterocycles. The fourth-order valence-electron chi connectivity index (χ4n) is 1.87. The van der Waals surface area contributed by atoms with Crippen LogP contribution in [0.3, 0.4) is 0 Å². The maximum absolute atomic E-state index is 13.6. The summed E-state index contributed by atoms with van der Waals surface area (Å²) < 4.78 is 23.2. The van der Waals surface area contributed by atoms with Crippen molar-refractivity contribution in [3.63, 3.8) is 0 Å². The van der Waals surface area contributed by atoms with E-state index in [0.717, 1.165) is 6.07 Å². The predicted molar refractivity (Wildman–Crippen MR) is 83.4 cm³/mol. The van der Waals surface area contributed by atoms with E-state index in [1.807, 2.05) is 0 Å². The first-order valence-electron chi connectivity index (χ1n) is 6.82. The molecule has 0 unspecified atom stereocenters. The lowest BCUT2D eigenvalue weighted by Gasteiger charge is -2.06. The Hall–Kier alpha value is -3.46. The van der Waals surface area contributed by atoms with Gasteiger partial charge in [0.05, 0.1) is 12.7 Å². The van der Waals surface area contributed by atoms with E-state index in [1.54, 1.807) is 18.2 Å². The Balaban J connectivity index is 2.24. The number of esters is 2. The minimum atomic E-state index is -0.845. The molecule has 2 aromatic rings. The van der Waals surface area contributed by atoms with Crippen LogP contribution < -0.4 is 4.74 Å². The predicted octanol–water partition coefficient (Wildman–Crippen LogP) is 3.12. The molecular formula is C18H12FNO4. The summed E-state index contributed by atoms with van der Waals surface area (Å²) in [5.41, 5.74) is 0.0663. The van der Waals surface area contributed by atoms with Crippen LogP contribution in [0.1, 0.15) is 15.9 Å². The van der Waals surface area contributed by atoms with Crippen LogP contribution in [0.4, 0.5) is 4.39 Å². The van der Waals surface area contributed by atoms with Crippen LogP contribution in [-0.2, 0) is 9.53 Å². The van der Waals surface area contributed by atoms with E-state index < -0.39 is 17.8 Å². The number of hydrogen-bond acceptors (Lipinski definition) is 5. The highest BCUT2D eigenvalue weighted by Gasteiger charge is 2.14.